The van der Waals surface area contributed by atoms with Gasteiger partial charge in [-0.1, -0.05) is 23.9 Å². The van der Waals surface area contributed by atoms with Gasteiger partial charge in [0, 0.05) is 7.05 Å². The molecule has 1 aromatic carbocycles. The first-order valence-corrected chi connectivity index (χ1v) is 6.80. The minimum Gasteiger partial charge on any atom is -0.397 e. The Morgan fingerprint density at radius 3 is 2.80 bits per heavy atom. The molecule has 2 rings (SSSR count). The van der Waals surface area contributed by atoms with E-state index < -0.39 is 5.25 Å². The standard InChI is InChI=1S/C12H15N5O2S/c1-7(20-12-16-15-11(19)17(12)2)10(18)14-9-6-4-3-5-8(9)13/h3-7H,13H2,1-2H3,(H,14,18)(H,15,19). The topological polar surface area (TPSA) is 106 Å². The maximum atomic E-state index is 12.1. The zero-order chi connectivity index (χ0) is 14.7. The number of amides is 1. The Balaban J connectivity index is 2.04. The molecule has 4 N–H and O–H groups in total. The van der Waals surface area contributed by atoms with E-state index in [0.29, 0.717) is 16.5 Å². The van der Waals surface area contributed by atoms with Crippen LogP contribution in [0.25, 0.3) is 0 Å². The fourth-order valence-corrected chi connectivity index (χ4v) is 2.32. The summed E-state index contributed by atoms with van der Waals surface area (Å²) >= 11 is 1.19. The normalized spacial score (nSPS) is 12.1. The largest absolute Gasteiger partial charge is 0.397 e. The highest BCUT2D eigenvalue weighted by Gasteiger charge is 2.18. The molecule has 1 unspecified atom stereocenters. The number of rotatable bonds is 4. The number of H-pyrrole nitrogens is 1. The Morgan fingerprint density at radius 1 is 1.50 bits per heavy atom. The van der Waals surface area contributed by atoms with Crippen molar-refractivity contribution in [3.63, 3.8) is 0 Å². The molecule has 0 fully saturated rings. The van der Waals surface area contributed by atoms with Crippen molar-refractivity contribution in [3.8, 4) is 0 Å². The van der Waals surface area contributed by atoms with Gasteiger partial charge in [0.05, 0.1) is 16.6 Å². The lowest BCUT2D eigenvalue weighted by Crippen LogP contribution is -2.23. The zero-order valence-corrected chi connectivity index (χ0v) is 11.9. The molecule has 7 nitrogen and oxygen atoms in total. The van der Waals surface area contributed by atoms with Crippen molar-refractivity contribution in [1.82, 2.24) is 14.8 Å². The molecular formula is C12H15N5O2S. The Bertz CT molecular complexity index is 678. The Kier molecular flexibility index (Phi) is 4.14. The molecule has 1 heterocycles. The lowest BCUT2D eigenvalue weighted by molar-refractivity contribution is -0.115. The van der Waals surface area contributed by atoms with Crippen molar-refractivity contribution in [2.45, 2.75) is 17.3 Å². The molecule has 0 aliphatic rings. The second kappa shape index (κ2) is 5.83. The summed E-state index contributed by atoms with van der Waals surface area (Å²) < 4.78 is 1.35. The first-order valence-electron chi connectivity index (χ1n) is 5.92. The van der Waals surface area contributed by atoms with Gasteiger partial charge in [-0.2, -0.15) is 0 Å². The first-order chi connectivity index (χ1) is 9.49. The highest BCUT2D eigenvalue weighted by Crippen LogP contribution is 2.22. The second-order valence-corrected chi connectivity index (χ2v) is 5.51. The molecular weight excluding hydrogens is 278 g/mol. The number of thioether (sulfide) groups is 1. The molecule has 0 bridgehead atoms. The number of carbonyl (C=O) groups is 1. The molecule has 2 aromatic rings. The molecule has 0 saturated heterocycles. The number of para-hydroxylation sites is 2. The van der Waals surface area contributed by atoms with Crippen LogP contribution in [0.15, 0.2) is 34.2 Å². The number of nitrogens with two attached hydrogens (primary N) is 1. The smallest absolute Gasteiger partial charge is 0.343 e. The van der Waals surface area contributed by atoms with Gasteiger partial charge >= 0.3 is 5.69 Å². The van der Waals surface area contributed by atoms with Crippen LogP contribution in [0, 0.1) is 0 Å². The molecule has 1 amide bonds. The third kappa shape index (κ3) is 3.02. The van der Waals surface area contributed by atoms with E-state index >= 15 is 0 Å². The lowest BCUT2D eigenvalue weighted by atomic mass is 10.2. The van der Waals surface area contributed by atoms with Crippen LogP contribution < -0.4 is 16.7 Å². The Morgan fingerprint density at radius 2 is 2.20 bits per heavy atom. The fraction of sp³-hybridized carbons (Fsp3) is 0.250. The predicted octanol–water partition coefficient (Wildman–Crippen LogP) is 0.810. The summed E-state index contributed by atoms with van der Waals surface area (Å²) in [5.41, 5.74) is 6.53. The molecule has 0 spiro atoms. The molecule has 0 aliphatic heterocycles. The number of carbonyl (C=O) groups excluding carboxylic acids is 1. The number of aromatic amines is 1. The number of nitrogens with one attached hydrogen (secondary N) is 2. The van der Waals surface area contributed by atoms with Crippen LogP contribution in [-0.2, 0) is 11.8 Å². The van der Waals surface area contributed by atoms with Crippen molar-refractivity contribution >= 4 is 29.0 Å². The average Bonchev–Trinajstić information content (AvgIpc) is 2.73. The van der Waals surface area contributed by atoms with E-state index in [4.69, 9.17) is 5.73 Å². The first kappa shape index (κ1) is 14.2. The summed E-state index contributed by atoms with van der Waals surface area (Å²) in [5.74, 6) is -0.205. The van der Waals surface area contributed by atoms with Gasteiger partial charge in [0.1, 0.15) is 0 Å². The van der Waals surface area contributed by atoms with Gasteiger partial charge in [-0.05, 0) is 19.1 Å². The van der Waals surface area contributed by atoms with Gasteiger partial charge in [-0.3, -0.25) is 9.36 Å². The third-order valence-corrected chi connectivity index (χ3v) is 3.85. The van der Waals surface area contributed by atoms with Crippen LogP contribution in [0.4, 0.5) is 11.4 Å². The summed E-state index contributed by atoms with van der Waals surface area (Å²) in [5, 5.41) is 8.96. The Hall–Kier alpha value is -2.22. The van der Waals surface area contributed by atoms with Gasteiger partial charge in [0.25, 0.3) is 0 Å². The van der Waals surface area contributed by atoms with E-state index in [9.17, 15) is 9.59 Å². The van der Waals surface area contributed by atoms with E-state index in [1.165, 1.54) is 16.3 Å². The van der Waals surface area contributed by atoms with Crippen LogP contribution >= 0.6 is 11.8 Å². The number of hydrogen-bond donors (Lipinski definition) is 3. The molecule has 20 heavy (non-hydrogen) atoms. The van der Waals surface area contributed by atoms with Crippen LogP contribution in [0.2, 0.25) is 0 Å². The van der Waals surface area contributed by atoms with Crippen LogP contribution in [0.3, 0.4) is 0 Å². The second-order valence-electron chi connectivity index (χ2n) is 4.21. The van der Waals surface area contributed by atoms with E-state index in [-0.39, 0.29) is 11.6 Å². The van der Waals surface area contributed by atoms with E-state index in [2.05, 4.69) is 15.5 Å². The molecule has 0 saturated carbocycles. The highest BCUT2D eigenvalue weighted by molar-refractivity contribution is 8.00. The van der Waals surface area contributed by atoms with Crippen LogP contribution in [-0.4, -0.2) is 25.9 Å². The number of hydrogen-bond acceptors (Lipinski definition) is 5. The molecule has 1 aromatic heterocycles. The molecule has 1 atom stereocenters. The van der Waals surface area contributed by atoms with Gasteiger partial charge in [0.15, 0.2) is 5.16 Å². The maximum Gasteiger partial charge on any atom is 0.343 e. The molecule has 8 heteroatoms. The van der Waals surface area contributed by atoms with Crippen molar-refractivity contribution in [2.75, 3.05) is 11.1 Å². The maximum absolute atomic E-state index is 12.1. The SMILES string of the molecule is CC(Sc1n[nH]c(=O)n1C)C(=O)Nc1ccccc1N. The molecule has 106 valence electrons. The minimum absolute atomic E-state index is 0.205. The summed E-state index contributed by atoms with van der Waals surface area (Å²) in [6.07, 6.45) is 0. The monoisotopic (exact) mass is 293 g/mol. The van der Waals surface area contributed by atoms with E-state index in [1.807, 2.05) is 0 Å². The van der Waals surface area contributed by atoms with Gasteiger partial charge < -0.3 is 11.1 Å². The Labute approximate surface area is 119 Å². The number of benzene rings is 1. The summed E-state index contributed by atoms with van der Waals surface area (Å²) in [7, 11) is 1.59. The van der Waals surface area contributed by atoms with Gasteiger partial charge in [0.2, 0.25) is 5.91 Å². The third-order valence-electron chi connectivity index (χ3n) is 2.71. The number of nitrogen functional groups attached to an aromatic ring is 1. The molecule has 0 radical (unpaired) electrons. The van der Waals surface area contributed by atoms with Crippen molar-refractivity contribution in [1.29, 1.82) is 0 Å². The van der Waals surface area contributed by atoms with E-state index in [1.54, 1.807) is 38.2 Å². The van der Waals surface area contributed by atoms with Gasteiger partial charge in [-0.25, -0.2) is 9.89 Å². The highest BCUT2D eigenvalue weighted by atomic mass is 32.2. The average molecular weight is 293 g/mol. The van der Waals surface area contributed by atoms with Crippen LogP contribution in [0.5, 0.6) is 0 Å². The lowest BCUT2D eigenvalue weighted by Gasteiger charge is -2.12. The summed E-state index contributed by atoms with van der Waals surface area (Å²) in [6, 6.07) is 7.03. The minimum atomic E-state index is -0.413. The molecule has 0 aliphatic carbocycles. The zero-order valence-electron chi connectivity index (χ0n) is 11.1. The fourth-order valence-electron chi connectivity index (χ4n) is 1.49. The van der Waals surface area contributed by atoms with E-state index in [0.717, 1.165) is 0 Å². The quantitative estimate of drug-likeness (QED) is 0.571. The van der Waals surface area contributed by atoms with Gasteiger partial charge in [-0.15, -0.1) is 5.10 Å². The van der Waals surface area contributed by atoms with Crippen LogP contribution in [0.1, 0.15) is 6.92 Å². The number of nitrogens with zero attached hydrogens (tertiary/aromatic N) is 2. The van der Waals surface area contributed by atoms with Crippen molar-refractivity contribution < 1.29 is 4.79 Å². The summed E-state index contributed by atoms with van der Waals surface area (Å²) in [4.78, 5) is 23.3. The number of aromatic nitrogens is 3. The number of anilines is 2. The van der Waals surface area contributed by atoms with Crippen molar-refractivity contribution in [2.24, 2.45) is 7.05 Å². The predicted molar refractivity (Wildman–Crippen MR) is 78.6 cm³/mol. The summed E-state index contributed by atoms with van der Waals surface area (Å²) in [6.45, 7) is 1.73. The van der Waals surface area contributed by atoms with Crippen molar-refractivity contribution in [3.05, 3.63) is 34.7 Å².